The molecule has 0 radical (unpaired) electrons. The second-order valence-corrected chi connectivity index (χ2v) is 4.98. The van der Waals surface area contributed by atoms with Gasteiger partial charge < -0.3 is 5.11 Å². The first kappa shape index (κ1) is 9.04. The van der Waals surface area contributed by atoms with Crippen molar-refractivity contribution in [2.24, 2.45) is 10.8 Å². The second-order valence-electron chi connectivity index (χ2n) is 4.98. The number of rotatable bonds is 1. The Morgan fingerprint density at radius 3 is 2.15 bits per heavy atom. The highest BCUT2D eigenvalue weighted by Crippen LogP contribution is 2.61. The minimum atomic E-state index is -0.563. The van der Waals surface area contributed by atoms with Crippen LogP contribution in [0.1, 0.15) is 51.9 Å². The standard InChI is InChI=1S/C11H18O2/c1-10(9(12)13)5-4-8-11(10)6-2-3-7-11/h2-8H2,1H3,(H,12,13). The second kappa shape index (κ2) is 2.73. The van der Waals surface area contributed by atoms with Crippen LogP contribution in [0.3, 0.4) is 0 Å². The van der Waals surface area contributed by atoms with E-state index < -0.39 is 11.4 Å². The molecule has 0 aliphatic heterocycles. The van der Waals surface area contributed by atoms with Crippen molar-refractivity contribution < 1.29 is 9.90 Å². The highest BCUT2D eigenvalue weighted by molar-refractivity contribution is 5.76. The van der Waals surface area contributed by atoms with E-state index in [1.807, 2.05) is 6.92 Å². The molecule has 0 aromatic heterocycles. The molecule has 0 aromatic rings. The van der Waals surface area contributed by atoms with Crippen molar-refractivity contribution in [1.82, 2.24) is 0 Å². The maximum absolute atomic E-state index is 11.3. The van der Waals surface area contributed by atoms with Crippen LogP contribution in [0.15, 0.2) is 0 Å². The zero-order chi connectivity index (χ0) is 9.53. The Bertz CT molecular complexity index is 223. The molecule has 2 saturated carbocycles. The maximum atomic E-state index is 11.3. The van der Waals surface area contributed by atoms with E-state index in [9.17, 15) is 9.90 Å². The molecular formula is C11H18O2. The Kier molecular flexibility index (Phi) is 1.90. The first-order chi connectivity index (χ1) is 6.11. The van der Waals surface area contributed by atoms with Crippen LogP contribution < -0.4 is 0 Å². The summed E-state index contributed by atoms with van der Waals surface area (Å²) < 4.78 is 0. The summed E-state index contributed by atoms with van der Waals surface area (Å²) in [7, 11) is 0. The van der Waals surface area contributed by atoms with E-state index in [1.54, 1.807) is 0 Å². The lowest BCUT2D eigenvalue weighted by molar-refractivity contribution is -0.154. The molecule has 0 aromatic carbocycles. The van der Waals surface area contributed by atoms with Gasteiger partial charge in [0.1, 0.15) is 0 Å². The van der Waals surface area contributed by atoms with Crippen LogP contribution in [-0.2, 0) is 4.79 Å². The van der Waals surface area contributed by atoms with E-state index in [2.05, 4.69) is 0 Å². The fourth-order valence-corrected chi connectivity index (χ4v) is 3.51. The normalized spacial score (nSPS) is 37.0. The molecule has 2 rings (SSSR count). The van der Waals surface area contributed by atoms with Crippen LogP contribution in [0.5, 0.6) is 0 Å². The van der Waals surface area contributed by atoms with Crippen LogP contribution in [0.2, 0.25) is 0 Å². The molecule has 1 atom stereocenters. The Morgan fingerprint density at radius 2 is 1.62 bits per heavy atom. The lowest BCUT2D eigenvalue weighted by Gasteiger charge is -2.37. The van der Waals surface area contributed by atoms with E-state index in [0.29, 0.717) is 0 Å². The third-order valence-electron chi connectivity index (χ3n) is 4.54. The van der Waals surface area contributed by atoms with Gasteiger partial charge in [0.25, 0.3) is 0 Å². The van der Waals surface area contributed by atoms with Crippen molar-refractivity contribution in [3.63, 3.8) is 0 Å². The fraction of sp³-hybridized carbons (Fsp3) is 0.909. The van der Waals surface area contributed by atoms with Crippen molar-refractivity contribution in [2.75, 3.05) is 0 Å². The van der Waals surface area contributed by atoms with Crippen molar-refractivity contribution in [3.8, 4) is 0 Å². The summed E-state index contributed by atoms with van der Waals surface area (Å²) in [5, 5.41) is 9.30. The van der Waals surface area contributed by atoms with Crippen molar-refractivity contribution >= 4 is 5.97 Å². The van der Waals surface area contributed by atoms with Crippen molar-refractivity contribution in [3.05, 3.63) is 0 Å². The van der Waals surface area contributed by atoms with Gasteiger partial charge in [-0.25, -0.2) is 0 Å². The van der Waals surface area contributed by atoms with Gasteiger partial charge in [-0.3, -0.25) is 4.79 Å². The summed E-state index contributed by atoms with van der Waals surface area (Å²) in [6, 6.07) is 0. The largest absolute Gasteiger partial charge is 0.481 e. The third kappa shape index (κ3) is 1.04. The molecule has 0 amide bonds. The van der Waals surface area contributed by atoms with E-state index in [4.69, 9.17) is 0 Å². The van der Waals surface area contributed by atoms with Crippen LogP contribution in [-0.4, -0.2) is 11.1 Å². The summed E-state index contributed by atoms with van der Waals surface area (Å²) in [5.74, 6) is -0.563. The summed E-state index contributed by atoms with van der Waals surface area (Å²) in [4.78, 5) is 11.3. The van der Waals surface area contributed by atoms with E-state index in [1.165, 1.54) is 12.8 Å². The quantitative estimate of drug-likeness (QED) is 0.677. The van der Waals surface area contributed by atoms with Crippen molar-refractivity contribution in [1.29, 1.82) is 0 Å². The zero-order valence-corrected chi connectivity index (χ0v) is 8.31. The first-order valence-corrected chi connectivity index (χ1v) is 5.34. The molecule has 1 N–H and O–H groups in total. The van der Waals surface area contributed by atoms with Gasteiger partial charge in [0.05, 0.1) is 5.41 Å². The average Bonchev–Trinajstić information content (AvgIpc) is 2.64. The van der Waals surface area contributed by atoms with Gasteiger partial charge in [-0.15, -0.1) is 0 Å². The molecule has 2 heteroatoms. The van der Waals surface area contributed by atoms with Gasteiger partial charge in [0.15, 0.2) is 0 Å². The van der Waals surface area contributed by atoms with Gasteiger partial charge in [0.2, 0.25) is 0 Å². The summed E-state index contributed by atoms with van der Waals surface area (Å²) in [6.45, 7) is 1.97. The SMILES string of the molecule is CC1(C(=O)O)CCCC12CCCC2. The first-order valence-electron chi connectivity index (χ1n) is 5.34. The van der Waals surface area contributed by atoms with E-state index in [-0.39, 0.29) is 5.41 Å². The van der Waals surface area contributed by atoms with Crippen LogP contribution in [0.25, 0.3) is 0 Å². The Labute approximate surface area is 79.3 Å². The number of aliphatic carboxylic acids is 1. The molecule has 2 aliphatic rings. The topological polar surface area (TPSA) is 37.3 Å². The highest BCUT2D eigenvalue weighted by atomic mass is 16.4. The Balaban J connectivity index is 2.31. The van der Waals surface area contributed by atoms with Crippen LogP contribution in [0, 0.1) is 10.8 Å². The van der Waals surface area contributed by atoms with Gasteiger partial charge in [-0.1, -0.05) is 19.3 Å². The van der Waals surface area contributed by atoms with Gasteiger partial charge in [-0.2, -0.15) is 0 Å². The Morgan fingerprint density at radius 1 is 1.08 bits per heavy atom. The molecule has 13 heavy (non-hydrogen) atoms. The van der Waals surface area contributed by atoms with Gasteiger partial charge in [-0.05, 0) is 38.0 Å². The molecule has 2 aliphatic carbocycles. The molecule has 0 heterocycles. The lowest BCUT2D eigenvalue weighted by Crippen LogP contribution is -2.39. The third-order valence-corrected chi connectivity index (χ3v) is 4.54. The average molecular weight is 182 g/mol. The number of hydrogen-bond donors (Lipinski definition) is 1. The molecule has 2 fully saturated rings. The fourth-order valence-electron chi connectivity index (χ4n) is 3.51. The highest BCUT2D eigenvalue weighted by Gasteiger charge is 2.56. The smallest absolute Gasteiger partial charge is 0.309 e. The molecule has 2 nitrogen and oxygen atoms in total. The Hall–Kier alpha value is -0.530. The summed E-state index contributed by atoms with van der Waals surface area (Å²) in [5.41, 5.74) is -0.248. The van der Waals surface area contributed by atoms with E-state index in [0.717, 1.165) is 32.1 Å². The van der Waals surface area contributed by atoms with Crippen molar-refractivity contribution in [2.45, 2.75) is 51.9 Å². The minimum Gasteiger partial charge on any atom is -0.481 e. The van der Waals surface area contributed by atoms with Gasteiger partial charge >= 0.3 is 5.97 Å². The van der Waals surface area contributed by atoms with E-state index >= 15 is 0 Å². The van der Waals surface area contributed by atoms with Crippen LogP contribution >= 0.6 is 0 Å². The number of carbonyl (C=O) groups is 1. The number of carboxylic acids is 1. The molecular weight excluding hydrogens is 164 g/mol. The molecule has 1 unspecified atom stereocenters. The predicted molar refractivity (Wildman–Crippen MR) is 50.5 cm³/mol. The lowest BCUT2D eigenvalue weighted by atomic mass is 9.65. The maximum Gasteiger partial charge on any atom is 0.309 e. The predicted octanol–water partition coefficient (Wildman–Crippen LogP) is 2.82. The zero-order valence-electron chi connectivity index (χ0n) is 8.31. The van der Waals surface area contributed by atoms with Crippen LogP contribution in [0.4, 0.5) is 0 Å². The molecule has 0 bridgehead atoms. The molecule has 0 saturated heterocycles. The number of carboxylic acid groups (broad SMARTS) is 1. The monoisotopic (exact) mass is 182 g/mol. The number of hydrogen-bond acceptors (Lipinski definition) is 1. The summed E-state index contributed by atoms with van der Waals surface area (Å²) in [6.07, 6.45) is 7.93. The summed E-state index contributed by atoms with van der Waals surface area (Å²) >= 11 is 0. The minimum absolute atomic E-state index is 0.166. The van der Waals surface area contributed by atoms with Gasteiger partial charge in [0, 0.05) is 0 Å². The molecule has 74 valence electrons. The molecule has 1 spiro atoms.